The summed E-state index contributed by atoms with van der Waals surface area (Å²) in [6.45, 7) is 0.349. The molecule has 3 aromatic carbocycles. The minimum Gasteiger partial charge on any atom is -0.258 e. The third-order valence-electron chi connectivity index (χ3n) is 4.12. The molecular formula is C20H16N5O2. The fourth-order valence-corrected chi connectivity index (χ4v) is 2.79. The number of benzene rings is 3. The Morgan fingerprint density at radius 2 is 1.48 bits per heavy atom. The van der Waals surface area contributed by atoms with Crippen LogP contribution < -0.4 is 15.4 Å². The maximum Gasteiger partial charge on any atom is 0.271 e. The fourth-order valence-electron chi connectivity index (χ4n) is 2.79. The first kappa shape index (κ1) is 16.6. The number of nitrogens with zero attached hydrogens (tertiary/aromatic N) is 5. The number of hydrazone groups is 1. The van der Waals surface area contributed by atoms with Gasteiger partial charge in [0.2, 0.25) is 0 Å². The van der Waals surface area contributed by atoms with E-state index in [1.54, 1.807) is 17.1 Å². The zero-order valence-electron chi connectivity index (χ0n) is 14.3. The molecule has 0 amide bonds. The molecule has 0 unspecified atom stereocenters. The lowest BCUT2D eigenvalue weighted by Gasteiger charge is -2.34. The summed E-state index contributed by atoms with van der Waals surface area (Å²) in [6, 6.07) is 25.8. The summed E-state index contributed by atoms with van der Waals surface area (Å²) in [6.07, 6.45) is 0. The van der Waals surface area contributed by atoms with E-state index in [1.807, 2.05) is 65.7 Å². The molecule has 0 spiro atoms. The van der Waals surface area contributed by atoms with E-state index in [0.29, 0.717) is 18.2 Å². The molecule has 1 aliphatic heterocycles. The van der Waals surface area contributed by atoms with Crippen molar-refractivity contribution in [2.75, 3.05) is 16.7 Å². The van der Waals surface area contributed by atoms with Gasteiger partial charge in [0.15, 0.2) is 5.84 Å². The topological polar surface area (TPSA) is 76.1 Å². The van der Waals surface area contributed by atoms with Gasteiger partial charge in [-0.05, 0) is 18.2 Å². The average molecular weight is 358 g/mol. The first-order valence-electron chi connectivity index (χ1n) is 8.41. The first-order chi connectivity index (χ1) is 13.2. The summed E-state index contributed by atoms with van der Waals surface area (Å²) < 4.78 is 0. The van der Waals surface area contributed by atoms with Crippen molar-refractivity contribution in [3.63, 3.8) is 0 Å². The van der Waals surface area contributed by atoms with Crippen molar-refractivity contribution in [2.45, 2.75) is 0 Å². The maximum absolute atomic E-state index is 11.1. The van der Waals surface area contributed by atoms with Crippen LogP contribution in [0.5, 0.6) is 0 Å². The molecule has 0 saturated heterocycles. The fraction of sp³-hybridized carbons (Fsp3) is 0.0500. The van der Waals surface area contributed by atoms with Crippen molar-refractivity contribution in [3.8, 4) is 0 Å². The van der Waals surface area contributed by atoms with Gasteiger partial charge in [-0.25, -0.2) is 10.0 Å². The zero-order chi connectivity index (χ0) is 18.6. The van der Waals surface area contributed by atoms with E-state index in [4.69, 9.17) is 0 Å². The molecule has 1 radical (unpaired) electrons. The molecule has 7 nitrogen and oxygen atoms in total. The van der Waals surface area contributed by atoms with Gasteiger partial charge in [-0.1, -0.05) is 54.6 Å². The number of non-ortho nitro benzene ring substituents is 1. The molecule has 0 N–H and O–H groups in total. The Balaban J connectivity index is 1.73. The second-order valence-corrected chi connectivity index (χ2v) is 5.94. The lowest BCUT2D eigenvalue weighted by molar-refractivity contribution is -0.384. The smallest absolute Gasteiger partial charge is 0.258 e. The number of anilines is 2. The van der Waals surface area contributed by atoms with Crippen molar-refractivity contribution >= 4 is 22.9 Å². The van der Waals surface area contributed by atoms with E-state index in [2.05, 4.69) is 10.5 Å². The average Bonchev–Trinajstić information content (AvgIpc) is 2.75. The summed E-state index contributed by atoms with van der Waals surface area (Å²) in [7, 11) is 0. The van der Waals surface area contributed by atoms with Crippen LogP contribution in [0.3, 0.4) is 0 Å². The summed E-state index contributed by atoms with van der Waals surface area (Å²) >= 11 is 0. The number of hydrogen-bond donors (Lipinski definition) is 0. The van der Waals surface area contributed by atoms with Crippen LogP contribution in [0.25, 0.3) is 0 Å². The van der Waals surface area contributed by atoms with Crippen LogP contribution in [0.2, 0.25) is 0 Å². The lowest BCUT2D eigenvalue weighted by Crippen LogP contribution is -2.48. The Morgan fingerprint density at radius 1 is 0.815 bits per heavy atom. The SMILES string of the molecule is O=[N+]([O-])c1cccc(N2CN(c3ccccc3)N=C(c3ccccc3)[N]2)c1. The van der Waals surface area contributed by atoms with Crippen LogP contribution in [0.15, 0.2) is 90.0 Å². The van der Waals surface area contributed by atoms with E-state index < -0.39 is 4.92 Å². The van der Waals surface area contributed by atoms with E-state index in [9.17, 15) is 10.1 Å². The summed E-state index contributed by atoms with van der Waals surface area (Å²) in [5, 5.41) is 19.3. The number of hydrogen-bond acceptors (Lipinski definition) is 5. The minimum absolute atomic E-state index is 0.0257. The molecule has 7 heteroatoms. The summed E-state index contributed by atoms with van der Waals surface area (Å²) in [4.78, 5) is 10.7. The molecule has 0 fully saturated rings. The summed E-state index contributed by atoms with van der Waals surface area (Å²) in [5.74, 6) is 0.539. The van der Waals surface area contributed by atoms with Gasteiger partial charge < -0.3 is 0 Å². The van der Waals surface area contributed by atoms with Crippen molar-refractivity contribution < 1.29 is 4.92 Å². The van der Waals surface area contributed by atoms with Gasteiger partial charge in [0.25, 0.3) is 5.69 Å². The monoisotopic (exact) mass is 358 g/mol. The molecule has 1 aliphatic rings. The molecule has 4 rings (SSSR count). The Labute approximate surface area is 156 Å². The highest BCUT2D eigenvalue weighted by Gasteiger charge is 2.24. The minimum atomic E-state index is -0.408. The largest absolute Gasteiger partial charge is 0.271 e. The van der Waals surface area contributed by atoms with Crippen molar-refractivity contribution in [2.24, 2.45) is 5.10 Å². The molecule has 27 heavy (non-hydrogen) atoms. The molecule has 1 heterocycles. The summed E-state index contributed by atoms with van der Waals surface area (Å²) in [5.41, 5.74) is 7.06. The van der Waals surface area contributed by atoms with E-state index in [-0.39, 0.29) is 5.69 Å². The number of amidine groups is 1. The van der Waals surface area contributed by atoms with Gasteiger partial charge >= 0.3 is 0 Å². The molecule has 0 aliphatic carbocycles. The van der Waals surface area contributed by atoms with Gasteiger partial charge in [0.1, 0.15) is 6.67 Å². The number of nitro groups is 1. The van der Waals surface area contributed by atoms with Crippen molar-refractivity contribution in [1.82, 2.24) is 5.43 Å². The van der Waals surface area contributed by atoms with Crippen LogP contribution in [-0.2, 0) is 0 Å². The quantitative estimate of drug-likeness (QED) is 0.526. The standard InChI is InChI=1S/C20H16N5O2/c26-25(27)19-13-7-12-18(14-19)24-15-23(17-10-5-2-6-11-17)21-20(22-24)16-8-3-1-4-9-16/h1-14H,15H2. The van der Waals surface area contributed by atoms with E-state index in [1.165, 1.54) is 12.1 Å². The zero-order valence-corrected chi connectivity index (χ0v) is 14.3. The van der Waals surface area contributed by atoms with Gasteiger partial charge in [-0.3, -0.25) is 10.1 Å². The van der Waals surface area contributed by atoms with Crippen LogP contribution in [0.4, 0.5) is 17.1 Å². The van der Waals surface area contributed by atoms with Crippen molar-refractivity contribution in [3.05, 3.63) is 101 Å². The molecule has 0 saturated carbocycles. The van der Waals surface area contributed by atoms with Crippen LogP contribution in [0.1, 0.15) is 5.56 Å². The molecule has 133 valence electrons. The highest BCUT2D eigenvalue weighted by molar-refractivity contribution is 6.00. The molecule has 0 aromatic heterocycles. The predicted octanol–water partition coefficient (Wildman–Crippen LogP) is 3.76. The number of rotatable bonds is 4. The Hall–Kier alpha value is -3.87. The third kappa shape index (κ3) is 3.57. The highest BCUT2D eigenvalue weighted by Crippen LogP contribution is 2.25. The van der Waals surface area contributed by atoms with Crippen LogP contribution in [0, 0.1) is 10.1 Å². The van der Waals surface area contributed by atoms with Crippen LogP contribution >= 0.6 is 0 Å². The van der Waals surface area contributed by atoms with Gasteiger partial charge in [0.05, 0.1) is 16.3 Å². The lowest BCUT2D eigenvalue weighted by atomic mass is 10.2. The second kappa shape index (κ2) is 7.17. The van der Waals surface area contributed by atoms with Gasteiger partial charge in [0, 0.05) is 17.7 Å². The van der Waals surface area contributed by atoms with E-state index >= 15 is 0 Å². The molecule has 0 atom stereocenters. The maximum atomic E-state index is 11.1. The van der Waals surface area contributed by atoms with Gasteiger partial charge in [-0.2, -0.15) is 0 Å². The first-order valence-corrected chi connectivity index (χ1v) is 8.41. The normalized spacial score (nSPS) is 13.7. The predicted molar refractivity (Wildman–Crippen MR) is 104 cm³/mol. The second-order valence-electron chi connectivity index (χ2n) is 5.94. The molecule has 3 aromatic rings. The Kier molecular flexibility index (Phi) is 4.40. The van der Waals surface area contributed by atoms with Crippen molar-refractivity contribution in [1.29, 1.82) is 0 Å². The third-order valence-corrected chi connectivity index (χ3v) is 4.12. The number of para-hydroxylation sites is 1. The number of nitro benzene ring substituents is 1. The molecular weight excluding hydrogens is 342 g/mol. The van der Waals surface area contributed by atoms with Crippen LogP contribution in [-0.4, -0.2) is 17.4 Å². The Bertz CT molecular complexity index is 976. The van der Waals surface area contributed by atoms with Gasteiger partial charge in [-0.15, -0.1) is 10.5 Å². The molecule has 0 bridgehead atoms. The Morgan fingerprint density at radius 3 is 2.19 bits per heavy atom. The highest BCUT2D eigenvalue weighted by atomic mass is 16.6. The van der Waals surface area contributed by atoms with E-state index in [0.717, 1.165) is 11.3 Å².